The van der Waals surface area contributed by atoms with E-state index in [1.54, 1.807) is 0 Å². The van der Waals surface area contributed by atoms with Crippen LogP contribution in [0.2, 0.25) is 0 Å². The van der Waals surface area contributed by atoms with E-state index in [2.05, 4.69) is 0 Å². The van der Waals surface area contributed by atoms with Gasteiger partial charge in [-0.25, -0.2) is 0 Å². The first-order valence-corrected chi connectivity index (χ1v) is 13.1. The van der Waals surface area contributed by atoms with Crippen LogP contribution in [-0.2, 0) is 0 Å². The van der Waals surface area contributed by atoms with Crippen molar-refractivity contribution < 1.29 is 37.0 Å². The molecule has 0 aliphatic rings. The zero-order valence-corrected chi connectivity index (χ0v) is 22.1. The first-order valence-electron chi connectivity index (χ1n) is 26.6. The third-order valence-corrected chi connectivity index (χ3v) is 7.14. The summed E-state index contributed by atoms with van der Waals surface area (Å²) in [6.45, 7) is 0. The van der Waals surface area contributed by atoms with Gasteiger partial charge in [-0.05, 0) is 99.3 Å². The highest BCUT2D eigenvalue weighted by Gasteiger charge is 2.17. The molecule has 0 fully saturated rings. The first-order chi connectivity index (χ1) is 33.1. The van der Waals surface area contributed by atoms with Gasteiger partial charge in [-0.3, -0.25) is 0 Å². The maximum atomic E-state index is 9.52. The number of benzene rings is 9. The summed E-state index contributed by atoms with van der Waals surface area (Å²) in [5.74, 6) is 0. The normalized spacial score (nSPS) is 20.2. The fraction of sp³-hybridized carbons (Fsp3) is 0. The van der Waals surface area contributed by atoms with Crippen molar-refractivity contribution >= 4 is 53.9 Å². The standard InChI is InChI=1S/C44H28/c1-2-11-33-28-36(24-19-29(33)9-1)44-41-15-7-5-13-39(41)43(40-14-6-8-16-42(40)44)32-21-17-30(18-22-32)34-25-26-38-35(27-34)23-20-31-10-3-4-12-37(31)38/h1-28H/i1D,2D,3D,4D,5D,6D,7D,8D,9D,10D,11D,13D,14D,15D,16D,17D,18D,19D,20D,21D,22D,23D,24D,25D,26D,27D,28D. The lowest BCUT2D eigenvalue weighted by molar-refractivity contribution is 1.63. The fourth-order valence-electron chi connectivity index (χ4n) is 5.19. The van der Waals surface area contributed by atoms with E-state index in [0.29, 0.717) is 0 Å². The van der Waals surface area contributed by atoms with Crippen molar-refractivity contribution in [2.75, 3.05) is 0 Å². The molecule has 0 saturated heterocycles. The minimum atomic E-state index is -1.08. The molecule has 204 valence electrons. The van der Waals surface area contributed by atoms with Gasteiger partial charge in [0.2, 0.25) is 0 Å². The van der Waals surface area contributed by atoms with Gasteiger partial charge in [0.15, 0.2) is 0 Å². The Morgan fingerprint density at radius 3 is 1.48 bits per heavy atom. The van der Waals surface area contributed by atoms with Gasteiger partial charge in [-0.2, -0.15) is 0 Å². The maximum Gasteiger partial charge on any atom is 0.0636 e. The molecule has 0 atom stereocenters. The van der Waals surface area contributed by atoms with Gasteiger partial charge >= 0.3 is 0 Å². The first kappa shape index (κ1) is 9.91. The predicted molar refractivity (Wildman–Crippen MR) is 190 cm³/mol. The van der Waals surface area contributed by atoms with E-state index < -0.39 is 234 Å². The second-order valence-corrected chi connectivity index (χ2v) is 9.58. The number of fused-ring (bicyclic) bond motifs is 6. The van der Waals surface area contributed by atoms with Crippen LogP contribution in [0.4, 0.5) is 0 Å². The monoisotopic (exact) mass is 583 g/mol. The molecule has 9 rings (SSSR count). The summed E-state index contributed by atoms with van der Waals surface area (Å²) < 4.78 is 241. The summed E-state index contributed by atoms with van der Waals surface area (Å²) in [5, 5.41) is -5.42. The van der Waals surface area contributed by atoms with Crippen molar-refractivity contribution in [2.24, 2.45) is 0 Å². The van der Waals surface area contributed by atoms with Gasteiger partial charge in [-0.1, -0.05) is 157 Å². The van der Waals surface area contributed by atoms with E-state index in [9.17, 15) is 15.1 Å². The molecule has 0 bridgehead atoms. The van der Waals surface area contributed by atoms with Crippen LogP contribution >= 0.6 is 0 Å². The lowest BCUT2D eigenvalue weighted by Crippen LogP contribution is -1.91. The molecule has 9 aromatic carbocycles. The SMILES string of the molecule is [2H]c1cc2c(c([2H])c1[2H])c([2H])c([2H])c1c([2H])c(-c3c([2H])c([2H])c(-c4c5c([2H])c([2H])c([2H])c([2H])c5c(-c5c([2H])c([2H])c6c([2H])c([2H])c([2H])c([2H])c6c5[2H])c5c([2H])c([2H])c([2H])c([2H])c45)c([2H])c3[2H])c([2H])c([2H])c12. The van der Waals surface area contributed by atoms with E-state index in [0.717, 1.165) is 6.07 Å². The molecule has 9 aromatic rings. The molecule has 0 radical (unpaired) electrons. The van der Waals surface area contributed by atoms with E-state index in [1.807, 2.05) is 0 Å². The molecule has 44 heavy (non-hydrogen) atoms. The van der Waals surface area contributed by atoms with Crippen LogP contribution in [0.1, 0.15) is 37.0 Å². The molecule has 0 N–H and O–H groups in total. The quantitative estimate of drug-likeness (QED) is 0.143. The molecule has 0 spiro atoms. The molecule has 0 unspecified atom stereocenters. The van der Waals surface area contributed by atoms with Crippen molar-refractivity contribution in [3.8, 4) is 33.4 Å². The Morgan fingerprint density at radius 2 is 0.750 bits per heavy atom. The summed E-state index contributed by atoms with van der Waals surface area (Å²) in [6.07, 6.45) is 0. The van der Waals surface area contributed by atoms with Gasteiger partial charge in [0.25, 0.3) is 0 Å². The lowest BCUT2D eigenvalue weighted by Gasteiger charge is -2.18. The van der Waals surface area contributed by atoms with Crippen molar-refractivity contribution in [3.63, 3.8) is 0 Å². The molecule has 0 aliphatic heterocycles. The van der Waals surface area contributed by atoms with Gasteiger partial charge < -0.3 is 0 Å². The Hall–Kier alpha value is -5.72. The molecular formula is C44H28. The molecule has 0 heterocycles. The van der Waals surface area contributed by atoms with Gasteiger partial charge in [0, 0.05) is 0 Å². The summed E-state index contributed by atoms with van der Waals surface area (Å²) in [7, 11) is 0. The lowest BCUT2D eigenvalue weighted by atomic mass is 9.85. The van der Waals surface area contributed by atoms with E-state index in [1.165, 1.54) is 0 Å². The minimum absolute atomic E-state index is 0.182. The summed E-state index contributed by atoms with van der Waals surface area (Å²) in [6, 6.07) is -22.7. The van der Waals surface area contributed by atoms with Gasteiger partial charge in [0.05, 0.1) is 37.0 Å². The second-order valence-electron chi connectivity index (χ2n) is 9.58. The highest BCUT2D eigenvalue weighted by molar-refractivity contribution is 6.21. The Kier molecular flexibility index (Phi) is 2.24. The predicted octanol–water partition coefficient (Wildman–Crippen LogP) is 12.5. The van der Waals surface area contributed by atoms with E-state index in [4.69, 9.17) is 21.9 Å². The third kappa shape index (κ3) is 3.92. The van der Waals surface area contributed by atoms with Crippen LogP contribution in [0.3, 0.4) is 0 Å². The van der Waals surface area contributed by atoms with Crippen molar-refractivity contribution in [1.29, 1.82) is 0 Å². The van der Waals surface area contributed by atoms with Crippen molar-refractivity contribution in [1.82, 2.24) is 0 Å². The van der Waals surface area contributed by atoms with Gasteiger partial charge in [0.1, 0.15) is 0 Å². The van der Waals surface area contributed by atoms with Crippen molar-refractivity contribution in [3.05, 3.63) is 169 Å². The second kappa shape index (κ2) is 9.93. The van der Waals surface area contributed by atoms with E-state index >= 15 is 0 Å². The highest BCUT2D eigenvalue weighted by Crippen LogP contribution is 2.44. The molecule has 0 nitrogen and oxygen atoms in total. The van der Waals surface area contributed by atoms with Crippen LogP contribution in [0.15, 0.2) is 169 Å². The topological polar surface area (TPSA) is 0 Å². The summed E-state index contributed by atoms with van der Waals surface area (Å²) in [5.41, 5.74) is -4.60. The van der Waals surface area contributed by atoms with Crippen LogP contribution in [0.5, 0.6) is 0 Å². The highest BCUT2D eigenvalue weighted by atomic mass is 14.2. The average molecular weight is 584 g/mol. The van der Waals surface area contributed by atoms with Crippen LogP contribution in [-0.4, -0.2) is 0 Å². The zero-order valence-electron chi connectivity index (χ0n) is 49.1. The Morgan fingerprint density at radius 1 is 0.273 bits per heavy atom. The van der Waals surface area contributed by atoms with Crippen LogP contribution in [0, 0.1) is 0 Å². The largest absolute Gasteiger partial charge is 0.0636 e. The van der Waals surface area contributed by atoms with Gasteiger partial charge in [-0.15, -0.1) is 0 Å². The summed E-state index contributed by atoms with van der Waals surface area (Å²) in [4.78, 5) is 0. The molecule has 0 saturated carbocycles. The zero-order chi connectivity index (χ0) is 52.5. The molecular weight excluding hydrogens is 528 g/mol. The summed E-state index contributed by atoms with van der Waals surface area (Å²) >= 11 is 0. The molecule has 0 heteroatoms. The Bertz CT molecular complexity index is 3960. The number of rotatable bonds is 3. The molecule has 0 amide bonds. The minimum Gasteiger partial charge on any atom is -0.0616 e. The van der Waals surface area contributed by atoms with Crippen LogP contribution < -0.4 is 0 Å². The molecule has 0 aromatic heterocycles. The Balaban J connectivity index is 1.51. The maximum absolute atomic E-state index is 9.52. The Labute approximate surface area is 294 Å². The number of hydrogen-bond acceptors (Lipinski definition) is 0. The van der Waals surface area contributed by atoms with E-state index in [-0.39, 0.29) is 16.2 Å². The van der Waals surface area contributed by atoms with Crippen molar-refractivity contribution in [2.45, 2.75) is 0 Å². The third-order valence-electron chi connectivity index (χ3n) is 7.14. The fourth-order valence-corrected chi connectivity index (χ4v) is 5.19. The number of hydrogen-bond donors (Lipinski definition) is 0. The smallest absolute Gasteiger partial charge is 0.0616 e. The molecule has 0 aliphatic carbocycles. The average Bonchev–Trinajstić information content (AvgIpc) is 3.33. The van der Waals surface area contributed by atoms with Crippen LogP contribution in [0.25, 0.3) is 87.2 Å².